The van der Waals surface area contributed by atoms with Gasteiger partial charge >= 0.3 is 12.1 Å². The molecule has 0 unspecified atom stereocenters. The summed E-state index contributed by atoms with van der Waals surface area (Å²) in [7, 11) is 1.39. The molecule has 0 radical (unpaired) electrons. The van der Waals surface area contributed by atoms with Crippen molar-refractivity contribution in [3.63, 3.8) is 0 Å². The van der Waals surface area contributed by atoms with Crippen LogP contribution in [-0.4, -0.2) is 75.8 Å². The van der Waals surface area contributed by atoms with Crippen molar-refractivity contribution in [1.29, 1.82) is 0 Å². The van der Waals surface area contributed by atoms with Crippen molar-refractivity contribution >= 4 is 12.1 Å². The lowest BCUT2D eigenvalue weighted by atomic mass is 10.1. The maximum atomic E-state index is 13.0. The third-order valence-corrected chi connectivity index (χ3v) is 7.81. The number of hydrogen-bond donors (Lipinski definition) is 1. The third kappa shape index (κ3) is 13.1. The van der Waals surface area contributed by atoms with Crippen LogP contribution >= 0.6 is 0 Å². The van der Waals surface area contributed by atoms with Crippen LogP contribution in [0.2, 0.25) is 0 Å². The average molecular weight is 667 g/mol. The summed E-state index contributed by atoms with van der Waals surface area (Å²) in [4.78, 5) is 36.6. The molecule has 0 spiro atoms. The number of methoxy groups -OCH3 is 1. The number of rotatable bonds is 17. The first-order valence-corrected chi connectivity index (χ1v) is 16.9. The Morgan fingerprint density at radius 3 is 1.82 bits per heavy atom. The number of ether oxygens (including phenoxy) is 2. The number of aliphatic hydroxyl groups is 1. The molecule has 1 amide bonds. The van der Waals surface area contributed by atoms with E-state index in [1.54, 1.807) is 11.0 Å². The molecular weight excluding hydrogens is 616 g/mol. The number of carbonyl (C=O) groups excluding carboxylic acids is 2. The van der Waals surface area contributed by atoms with E-state index in [4.69, 9.17) is 14.5 Å². The number of aromatic nitrogens is 1. The average Bonchev–Trinajstić information content (AvgIpc) is 3.08. The highest BCUT2D eigenvalue weighted by Crippen LogP contribution is 2.17. The number of pyridine rings is 1. The van der Waals surface area contributed by atoms with Crippen LogP contribution in [0.1, 0.15) is 65.6 Å². The van der Waals surface area contributed by atoms with Gasteiger partial charge in [0.15, 0.2) is 0 Å². The number of carbonyl (C=O) groups is 2. The van der Waals surface area contributed by atoms with Crippen molar-refractivity contribution in [2.45, 2.75) is 65.5 Å². The van der Waals surface area contributed by atoms with E-state index in [0.29, 0.717) is 64.3 Å². The summed E-state index contributed by atoms with van der Waals surface area (Å²) < 4.78 is 10.6. The van der Waals surface area contributed by atoms with Gasteiger partial charge in [0.05, 0.1) is 24.1 Å². The van der Waals surface area contributed by atoms with Crippen LogP contribution in [0.25, 0.3) is 0 Å². The molecule has 1 aromatic heterocycles. The Morgan fingerprint density at radius 1 is 0.673 bits per heavy atom. The summed E-state index contributed by atoms with van der Waals surface area (Å²) in [6.45, 7) is 10.3. The van der Waals surface area contributed by atoms with E-state index in [9.17, 15) is 14.7 Å². The number of amides is 1. The van der Waals surface area contributed by atoms with Gasteiger partial charge in [0.1, 0.15) is 5.60 Å². The van der Waals surface area contributed by atoms with Crippen LogP contribution in [0, 0.1) is 0 Å². The second-order valence-corrected chi connectivity index (χ2v) is 13.2. The normalized spacial score (nSPS) is 11.5. The third-order valence-electron chi connectivity index (χ3n) is 7.81. The van der Waals surface area contributed by atoms with Gasteiger partial charge in [-0.2, -0.15) is 0 Å². The Kier molecular flexibility index (Phi) is 14.3. The Labute approximate surface area is 291 Å². The fraction of sp³-hybridized carbons (Fsp3) is 0.375. The first kappa shape index (κ1) is 37.3. The van der Waals surface area contributed by atoms with Crippen LogP contribution in [0.15, 0.2) is 103 Å². The molecule has 1 N–H and O–H groups in total. The number of aliphatic hydroxyl groups excluding tert-OH is 1. The van der Waals surface area contributed by atoms with Gasteiger partial charge in [0, 0.05) is 59.0 Å². The van der Waals surface area contributed by atoms with Crippen LogP contribution in [0.4, 0.5) is 4.79 Å². The van der Waals surface area contributed by atoms with Crippen molar-refractivity contribution in [3.05, 3.63) is 137 Å². The van der Waals surface area contributed by atoms with Crippen molar-refractivity contribution in [2.75, 3.05) is 33.4 Å². The summed E-state index contributed by atoms with van der Waals surface area (Å²) in [6, 6.07) is 34.3. The van der Waals surface area contributed by atoms with E-state index >= 15 is 0 Å². The fourth-order valence-corrected chi connectivity index (χ4v) is 5.55. The fourth-order valence-electron chi connectivity index (χ4n) is 5.55. The SMILES string of the molecule is COC(=O)c1cccc(CN(Cc2ccccc2)Cc2cccc(CN(CCN(CCCO)C(=O)OC(C)(C)C)Cc3ccccc3)n2)c1. The summed E-state index contributed by atoms with van der Waals surface area (Å²) in [5.41, 5.74) is 5.16. The highest BCUT2D eigenvalue weighted by atomic mass is 16.6. The zero-order valence-electron chi connectivity index (χ0n) is 29.3. The second-order valence-electron chi connectivity index (χ2n) is 13.2. The Hall–Kier alpha value is -4.57. The quantitative estimate of drug-likeness (QED) is 0.125. The smallest absolute Gasteiger partial charge is 0.410 e. The molecule has 0 atom stereocenters. The highest BCUT2D eigenvalue weighted by Gasteiger charge is 2.23. The zero-order chi connectivity index (χ0) is 35.1. The summed E-state index contributed by atoms with van der Waals surface area (Å²) in [5.74, 6) is -0.353. The van der Waals surface area contributed by atoms with Crippen molar-refractivity contribution in [3.8, 4) is 0 Å². The van der Waals surface area contributed by atoms with Gasteiger partial charge in [-0.05, 0) is 68.1 Å². The molecule has 9 heteroatoms. The monoisotopic (exact) mass is 666 g/mol. The van der Waals surface area contributed by atoms with Gasteiger partial charge in [-0.3, -0.25) is 14.8 Å². The minimum absolute atomic E-state index is 0.00173. The van der Waals surface area contributed by atoms with E-state index < -0.39 is 5.60 Å². The van der Waals surface area contributed by atoms with Crippen LogP contribution in [0.5, 0.6) is 0 Å². The van der Waals surface area contributed by atoms with Gasteiger partial charge < -0.3 is 19.5 Å². The van der Waals surface area contributed by atoms with Crippen molar-refractivity contribution in [2.24, 2.45) is 0 Å². The Morgan fingerprint density at radius 2 is 1.22 bits per heavy atom. The molecule has 0 bridgehead atoms. The molecule has 0 aliphatic carbocycles. The minimum Gasteiger partial charge on any atom is -0.465 e. The maximum absolute atomic E-state index is 13.0. The molecule has 9 nitrogen and oxygen atoms in total. The lowest BCUT2D eigenvalue weighted by Gasteiger charge is -2.30. The lowest BCUT2D eigenvalue weighted by molar-refractivity contribution is 0.0218. The largest absolute Gasteiger partial charge is 0.465 e. The van der Waals surface area contributed by atoms with E-state index in [-0.39, 0.29) is 18.7 Å². The first-order valence-electron chi connectivity index (χ1n) is 16.9. The van der Waals surface area contributed by atoms with E-state index in [2.05, 4.69) is 34.1 Å². The van der Waals surface area contributed by atoms with E-state index in [0.717, 1.165) is 17.0 Å². The maximum Gasteiger partial charge on any atom is 0.410 e. The summed E-state index contributed by atoms with van der Waals surface area (Å²) >= 11 is 0. The van der Waals surface area contributed by atoms with Gasteiger partial charge in [-0.15, -0.1) is 0 Å². The van der Waals surface area contributed by atoms with Gasteiger partial charge in [0.25, 0.3) is 0 Å². The second kappa shape index (κ2) is 18.8. The highest BCUT2D eigenvalue weighted by molar-refractivity contribution is 5.89. The predicted octanol–water partition coefficient (Wildman–Crippen LogP) is 6.69. The lowest BCUT2D eigenvalue weighted by Crippen LogP contribution is -2.42. The molecule has 0 saturated heterocycles. The Balaban J connectivity index is 1.53. The van der Waals surface area contributed by atoms with Crippen molar-refractivity contribution < 1.29 is 24.2 Å². The first-order chi connectivity index (χ1) is 23.6. The molecular formula is C40H50N4O5. The minimum atomic E-state index is -0.610. The number of nitrogens with zero attached hydrogens (tertiary/aromatic N) is 4. The number of hydrogen-bond acceptors (Lipinski definition) is 8. The molecule has 0 saturated carbocycles. The van der Waals surface area contributed by atoms with Crippen LogP contribution < -0.4 is 0 Å². The molecule has 260 valence electrons. The summed E-state index contributed by atoms with van der Waals surface area (Å²) in [5, 5.41) is 9.48. The van der Waals surface area contributed by atoms with Crippen LogP contribution in [-0.2, 0) is 42.2 Å². The molecule has 3 aromatic carbocycles. The molecule has 0 aliphatic rings. The molecule has 4 rings (SSSR count). The molecule has 49 heavy (non-hydrogen) atoms. The van der Waals surface area contributed by atoms with Gasteiger partial charge in [-0.25, -0.2) is 9.59 Å². The van der Waals surface area contributed by atoms with Gasteiger partial charge in [0.2, 0.25) is 0 Å². The van der Waals surface area contributed by atoms with E-state index in [1.165, 1.54) is 18.2 Å². The topological polar surface area (TPSA) is 95.4 Å². The molecule has 0 aliphatic heterocycles. The standard InChI is InChI=1S/C40H50N4O5/c1-40(2,3)49-39(47)44(22-13-25-45)24-23-42(27-32-14-7-5-8-15-32)30-36-20-12-21-37(41-36)31-43(28-33-16-9-6-10-17-33)29-34-18-11-19-35(26-34)38(46)48-4/h5-12,14-21,26,45H,13,22-25,27-31H2,1-4H3. The zero-order valence-corrected chi connectivity index (χ0v) is 29.3. The van der Waals surface area contributed by atoms with Crippen LogP contribution in [0.3, 0.4) is 0 Å². The number of benzene rings is 3. The van der Waals surface area contributed by atoms with Gasteiger partial charge in [-0.1, -0.05) is 78.9 Å². The van der Waals surface area contributed by atoms with Crippen molar-refractivity contribution in [1.82, 2.24) is 19.7 Å². The molecule has 4 aromatic rings. The van der Waals surface area contributed by atoms with E-state index in [1.807, 2.05) is 93.6 Å². The predicted molar refractivity (Wildman–Crippen MR) is 191 cm³/mol. The Bertz CT molecular complexity index is 1590. The summed E-state index contributed by atoms with van der Waals surface area (Å²) in [6.07, 6.45) is 0.102. The number of esters is 1. The molecule has 1 heterocycles. The molecule has 0 fully saturated rings.